The third-order valence-electron chi connectivity index (χ3n) is 7.45. The number of rotatable bonds is 8. The minimum atomic E-state index is -0.258. The minimum Gasteiger partial charge on any atom is -0.335 e. The van der Waals surface area contributed by atoms with E-state index in [0.717, 1.165) is 58.5 Å². The van der Waals surface area contributed by atoms with Gasteiger partial charge < -0.3 is 15.1 Å². The summed E-state index contributed by atoms with van der Waals surface area (Å²) in [6.07, 6.45) is 4.24. The number of halogens is 1. The molecular weight excluding hydrogens is 477 g/mol. The predicted molar refractivity (Wildman–Crippen MR) is 142 cm³/mol. The van der Waals surface area contributed by atoms with Crippen molar-refractivity contribution in [2.45, 2.75) is 52.5 Å². The first-order valence-corrected chi connectivity index (χ1v) is 13.9. The van der Waals surface area contributed by atoms with Gasteiger partial charge in [-0.25, -0.2) is 14.2 Å². The highest BCUT2D eigenvalue weighted by Crippen LogP contribution is 2.26. The Hall–Kier alpha value is -2.36. The van der Waals surface area contributed by atoms with Gasteiger partial charge in [0.2, 0.25) is 0 Å². The van der Waals surface area contributed by atoms with Crippen LogP contribution in [-0.4, -0.2) is 71.9 Å². The Bertz CT molecular complexity index is 1040. The van der Waals surface area contributed by atoms with Gasteiger partial charge >= 0.3 is 6.03 Å². The van der Waals surface area contributed by atoms with E-state index < -0.39 is 0 Å². The van der Waals surface area contributed by atoms with Gasteiger partial charge in [0.25, 0.3) is 0 Å². The molecule has 36 heavy (non-hydrogen) atoms. The summed E-state index contributed by atoms with van der Waals surface area (Å²) in [6, 6.07) is 6.72. The Morgan fingerprint density at radius 3 is 2.61 bits per heavy atom. The molecule has 9 heteroatoms. The number of ketones is 1. The van der Waals surface area contributed by atoms with Crippen molar-refractivity contribution in [3.63, 3.8) is 0 Å². The van der Waals surface area contributed by atoms with Crippen molar-refractivity contribution in [3.05, 3.63) is 46.2 Å². The number of carbonyl (C=O) groups is 2. The number of nitrogens with zero attached hydrogens (tertiary/aromatic N) is 3. The lowest BCUT2D eigenvalue weighted by molar-refractivity contribution is 0.0876. The van der Waals surface area contributed by atoms with Crippen LogP contribution in [0.2, 0.25) is 0 Å². The molecule has 2 saturated heterocycles. The number of piperidine rings is 2. The largest absolute Gasteiger partial charge is 0.335 e. The van der Waals surface area contributed by atoms with Gasteiger partial charge in [-0.15, -0.1) is 0 Å². The first kappa shape index (κ1) is 26.7. The first-order chi connectivity index (χ1) is 17.3. The molecule has 0 radical (unpaired) electrons. The van der Waals surface area contributed by atoms with Crippen molar-refractivity contribution in [3.8, 4) is 0 Å². The summed E-state index contributed by atoms with van der Waals surface area (Å²) < 4.78 is 13.3. The summed E-state index contributed by atoms with van der Waals surface area (Å²) in [4.78, 5) is 34.5. The molecule has 2 fully saturated rings. The summed E-state index contributed by atoms with van der Waals surface area (Å²) in [5.41, 5.74) is 1.84. The lowest BCUT2D eigenvalue weighted by atomic mass is 9.88. The van der Waals surface area contributed by atoms with E-state index in [1.807, 2.05) is 12.1 Å². The monoisotopic (exact) mass is 515 g/mol. The van der Waals surface area contributed by atoms with E-state index in [1.54, 1.807) is 19.1 Å². The van der Waals surface area contributed by atoms with E-state index in [9.17, 15) is 14.0 Å². The number of carbonyl (C=O) groups excluding carboxylic acids is 2. The average Bonchev–Trinajstić information content (AvgIpc) is 3.22. The topological polar surface area (TPSA) is 77.6 Å². The average molecular weight is 516 g/mol. The van der Waals surface area contributed by atoms with Gasteiger partial charge in [0.15, 0.2) is 10.9 Å². The number of aromatic nitrogens is 1. The fraction of sp³-hybridized carbons (Fsp3) is 0.593. The minimum absolute atomic E-state index is 0.0373. The number of amides is 2. The highest BCUT2D eigenvalue weighted by atomic mass is 32.1. The molecule has 2 aromatic rings. The second-order valence-electron chi connectivity index (χ2n) is 10.2. The highest BCUT2D eigenvalue weighted by molar-refractivity contribution is 7.17. The zero-order chi connectivity index (χ0) is 25.7. The molecule has 4 rings (SSSR count). The lowest BCUT2D eigenvalue weighted by Gasteiger charge is -2.42. The number of nitrogens with one attached hydrogen (secondary N) is 2. The number of hydrogen-bond donors (Lipinski definition) is 2. The predicted octanol–water partition coefficient (Wildman–Crippen LogP) is 4.58. The maximum absolute atomic E-state index is 13.3. The van der Waals surface area contributed by atoms with Gasteiger partial charge in [0, 0.05) is 45.1 Å². The van der Waals surface area contributed by atoms with Crippen molar-refractivity contribution in [2.75, 3.05) is 44.6 Å². The van der Waals surface area contributed by atoms with Crippen molar-refractivity contribution in [2.24, 2.45) is 11.8 Å². The maximum Gasteiger partial charge on any atom is 0.321 e. The summed E-state index contributed by atoms with van der Waals surface area (Å²) >= 11 is 1.22. The molecule has 0 bridgehead atoms. The van der Waals surface area contributed by atoms with Crippen LogP contribution in [0.4, 0.5) is 14.3 Å². The number of hydrogen-bond acceptors (Lipinski definition) is 6. The van der Waals surface area contributed by atoms with Crippen LogP contribution in [0, 0.1) is 24.6 Å². The van der Waals surface area contributed by atoms with Gasteiger partial charge in [-0.3, -0.25) is 10.1 Å². The number of aryl methyl sites for hydroxylation is 1. The zero-order valence-corrected chi connectivity index (χ0v) is 22.4. The van der Waals surface area contributed by atoms with E-state index in [0.29, 0.717) is 27.5 Å². The summed E-state index contributed by atoms with van der Waals surface area (Å²) in [6.45, 7) is 11.5. The Kier molecular flexibility index (Phi) is 9.09. The zero-order valence-electron chi connectivity index (χ0n) is 21.6. The van der Waals surface area contributed by atoms with E-state index in [4.69, 9.17) is 0 Å². The van der Waals surface area contributed by atoms with Gasteiger partial charge in [-0.2, -0.15) is 0 Å². The first-order valence-electron chi connectivity index (χ1n) is 13.1. The quantitative estimate of drug-likeness (QED) is 0.504. The molecular formula is C27H38FN5O2S. The van der Waals surface area contributed by atoms with Gasteiger partial charge in [-0.1, -0.05) is 30.4 Å². The molecule has 0 aliphatic carbocycles. The lowest BCUT2D eigenvalue weighted by Crippen LogP contribution is -2.55. The maximum atomic E-state index is 13.3. The Morgan fingerprint density at radius 1 is 1.14 bits per heavy atom. The van der Waals surface area contributed by atoms with E-state index >= 15 is 0 Å². The number of thiazole rings is 1. The highest BCUT2D eigenvalue weighted by Gasteiger charge is 2.32. The van der Waals surface area contributed by atoms with Crippen LogP contribution in [0.15, 0.2) is 24.3 Å². The second kappa shape index (κ2) is 12.3. The van der Waals surface area contributed by atoms with Crippen LogP contribution < -0.4 is 10.6 Å². The van der Waals surface area contributed by atoms with Crippen molar-refractivity contribution >= 4 is 28.3 Å². The smallest absolute Gasteiger partial charge is 0.321 e. The molecule has 0 spiro atoms. The van der Waals surface area contributed by atoms with Crippen LogP contribution in [0.5, 0.6) is 0 Å². The number of benzene rings is 1. The molecule has 196 valence electrons. The molecule has 1 unspecified atom stereocenters. The fourth-order valence-electron chi connectivity index (χ4n) is 5.62. The van der Waals surface area contributed by atoms with Crippen molar-refractivity contribution < 1.29 is 14.0 Å². The fourth-order valence-corrected chi connectivity index (χ4v) is 6.47. The standard InChI is InChI=1S/C27H38FN5O2S/c1-4-32-13-11-24(30-26(35)31-27-29-18(2)25(36-27)19(3)34)22(16-32)17-33-12-5-6-21(15-33)14-20-7-9-23(28)10-8-20/h7-10,21-22,24H,4-6,11-17H2,1-3H3,(H2,29,30,31,35)/t21?,22-,24+/m0/s1. The van der Waals surface area contributed by atoms with E-state index in [-0.39, 0.29) is 23.7 Å². The number of anilines is 1. The molecule has 3 heterocycles. The Labute approximate surface area is 217 Å². The summed E-state index contributed by atoms with van der Waals surface area (Å²) in [5.74, 6) is 0.673. The van der Waals surface area contributed by atoms with Crippen LogP contribution in [-0.2, 0) is 6.42 Å². The molecule has 1 aromatic carbocycles. The van der Waals surface area contributed by atoms with Crippen molar-refractivity contribution in [1.82, 2.24) is 20.1 Å². The van der Waals surface area contributed by atoms with Crippen LogP contribution in [0.3, 0.4) is 0 Å². The normalized spacial score (nSPS) is 23.4. The molecule has 1 aromatic heterocycles. The third-order valence-corrected chi connectivity index (χ3v) is 8.63. The Morgan fingerprint density at radius 2 is 1.92 bits per heavy atom. The molecule has 2 amide bonds. The molecule has 0 saturated carbocycles. The Balaban J connectivity index is 1.35. The van der Waals surface area contributed by atoms with E-state index in [2.05, 4.69) is 32.3 Å². The van der Waals surface area contributed by atoms with Gasteiger partial charge in [-0.05, 0) is 69.3 Å². The summed E-state index contributed by atoms with van der Waals surface area (Å²) in [5, 5.41) is 6.51. The van der Waals surface area contributed by atoms with E-state index in [1.165, 1.54) is 30.2 Å². The summed E-state index contributed by atoms with van der Waals surface area (Å²) in [7, 11) is 0. The molecule has 2 aliphatic rings. The number of urea groups is 1. The van der Waals surface area contributed by atoms with Gasteiger partial charge in [0.05, 0.1) is 10.6 Å². The third kappa shape index (κ3) is 7.11. The molecule has 2 aliphatic heterocycles. The van der Waals surface area contributed by atoms with Crippen LogP contribution in [0.1, 0.15) is 54.0 Å². The van der Waals surface area contributed by atoms with Crippen LogP contribution >= 0.6 is 11.3 Å². The second-order valence-corrected chi connectivity index (χ2v) is 11.2. The SMILES string of the molecule is CCN1CC[C@@H](NC(=O)Nc2nc(C)c(C(C)=O)s2)[C@H](CN2CCCC(Cc3ccc(F)cc3)C2)C1. The molecule has 3 atom stereocenters. The molecule has 2 N–H and O–H groups in total. The molecule has 7 nitrogen and oxygen atoms in total. The number of Topliss-reactive ketones (excluding diaryl/α,β-unsaturated/α-hetero) is 1. The van der Waals surface area contributed by atoms with Crippen molar-refractivity contribution in [1.29, 1.82) is 0 Å². The van der Waals surface area contributed by atoms with Crippen LogP contribution in [0.25, 0.3) is 0 Å². The number of likely N-dealkylation sites (tertiary alicyclic amines) is 2. The van der Waals surface area contributed by atoms with Gasteiger partial charge in [0.1, 0.15) is 5.82 Å².